The van der Waals surface area contributed by atoms with Crippen molar-refractivity contribution in [2.75, 3.05) is 5.75 Å². The fraction of sp³-hybridized carbons (Fsp3) is 0.261. The van der Waals surface area contributed by atoms with Gasteiger partial charge in [-0.1, -0.05) is 36.9 Å². The summed E-state index contributed by atoms with van der Waals surface area (Å²) in [7, 11) is 0. The normalized spacial score (nSPS) is 21.6. The Kier molecular flexibility index (Phi) is 6.45. The first kappa shape index (κ1) is 22.5. The van der Waals surface area contributed by atoms with Crippen molar-refractivity contribution in [2.24, 2.45) is 0 Å². The lowest BCUT2D eigenvalue weighted by molar-refractivity contribution is -0.384. The molecule has 1 N–H and O–H groups in total. The predicted molar refractivity (Wildman–Crippen MR) is 121 cm³/mol. The Morgan fingerprint density at radius 3 is 2.52 bits per heavy atom. The number of nitro groups is 1. The highest BCUT2D eigenvalue weighted by Crippen LogP contribution is 2.40. The summed E-state index contributed by atoms with van der Waals surface area (Å²) in [6.45, 7) is 3.83. The Bertz CT molecular complexity index is 1100. The predicted octanol–water partition coefficient (Wildman–Crippen LogP) is 2.21. The number of benzene rings is 2. The van der Waals surface area contributed by atoms with Gasteiger partial charge in [0.1, 0.15) is 18.0 Å². The summed E-state index contributed by atoms with van der Waals surface area (Å²) in [6, 6.07) is 13.3. The van der Waals surface area contributed by atoms with Gasteiger partial charge in [0.2, 0.25) is 11.8 Å². The van der Waals surface area contributed by atoms with E-state index in [1.165, 1.54) is 40.9 Å². The molecule has 2 amide bonds. The second kappa shape index (κ2) is 9.45. The number of thioether (sulfide) groups is 1. The number of rotatable bonds is 7. The van der Waals surface area contributed by atoms with Crippen LogP contribution in [0.5, 0.6) is 0 Å². The molecule has 2 saturated heterocycles. The maximum Gasteiger partial charge on any atom is 0.333 e. The van der Waals surface area contributed by atoms with Crippen LogP contribution in [0.1, 0.15) is 11.1 Å². The number of β-lactam (4-membered cyclic amide) rings is 1. The first-order valence-corrected chi connectivity index (χ1v) is 11.2. The average Bonchev–Trinajstić information content (AvgIpc) is 2.81. The van der Waals surface area contributed by atoms with Gasteiger partial charge in [-0.2, -0.15) is 0 Å². The first-order chi connectivity index (χ1) is 15.8. The molecule has 2 fully saturated rings. The highest BCUT2D eigenvalue weighted by Gasteiger charge is 2.56. The third kappa shape index (κ3) is 4.75. The van der Waals surface area contributed by atoms with Crippen molar-refractivity contribution in [3.63, 3.8) is 0 Å². The molecule has 2 aliphatic rings. The van der Waals surface area contributed by atoms with E-state index in [4.69, 9.17) is 4.74 Å². The van der Waals surface area contributed by atoms with E-state index in [0.717, 1.165) is 5.56 Å². The lowest BCUT2D eigenvalue weighted by Gasteiger charge is -2.52. The summed E-state index contributed by atoms with van der Waals surface area (Å²) in [5, 5.41) is 13.2. The van der Waals surface area contributed by atoms with Crippen LogP contribution in [-0.4, -0.2) is 50.8 Å². The molecule has 3 atom stereocenters. The molecule has 4 rings (SSSR count). The molecule has 2 aromatic rings. The molecular formula is C23H21N3O6S. The van der Waals surface area contributed by atoms with E-state index >= 15 is 0 Å². The molecule has 2 aromatic carbocycles. The Hall–Kier alpha value is -3.66. The van der Waals surface area contributed by atoms with Crippen molar-refractivity contribution in [2.45, 2.75) is 30.5 Å². The third-order valence-electron chi connectivity index (χ3n) is 5.46. The molecule has 2 heterocycles. The van der Waals surface area contributed by atoms with Gasteiger partial charge in [-0.3, -0.25) is 19.7 Å². The minimum Gasteiger partial charge on any atom is -0.459 e. The van der Waals surface area contributed by atoms with E-state index in [2.05, 4.69) is 11.9 Å². The van der Waals surface area contributed by atoms with Gasteiger partial charge in [0.05, 0.1) is 11.3 Å². The third-order valence-corrected chi connectivity index (χ3v) is 6.84. The molecule has 0 aliphatic carbocycles. The second-order valence-electron chi connectivity index (χ2n) is 7.75. The van der Waals surface area contributed by atoms with Crippen molar-refractivity contribution in [1.29, 1.82) is 0 Å². The zero-order valence-corrected chi connectivity index (χ0v) is 18.3. The van der Waals surface area contributed by atoms with Crippen molar-refractivity contribution in [1.82, 2.24) is 10.2 Å². The lowest BCUT2D eigenvalue weighted by Crippen LogP contribution is -2.74. The van der Waals surface area contributed by atoms with Gasteiger partial charge in [0, 0.05) is 17.9 Å². The zero-order valence-electron chi connectivity index (χ0n) is 17.5. The van der Waals surface area contributed by atoms with E-state index in [-0.39, 0.29) is 35.9 Å². The van der Waals surface area contributed by atoms with Crippen molar-refractivity contribution in [3.05, 3.63) is 88.0 Å². The van der Waals surface area contributed by atoms with Crippen molar-refractivity contribution < 1.29 is 24.0 Å². The van der Waals surface area contributed by atoms with E-state index in [9.17, 15) is 24.5 Å². The van der Waals surface area contributed by atoms with Crippen LogP contribution >= 0.6 is 11.8 Å². The monoisotopic (exact) mass is 467 g/mol. The molecule has 2 unspecified atom stereocenters. The summed E-state index contributed by atoms with van der Waals surface area (Å²) < 4.78 is 5.37. The molecule has 170 valence electrons. The molecule has 0 bridgehead atoms. The lowest BCUT2D eigenvalue weighted by atomic mass is 9.98. The topological polar surface area (TPSA) is 119 Å². The van der Waals surface area contributed by atoms with E-state index in [1.54, 1.807) is 0 Å². The molecular weight excluding hydrogens is 446 g/mol. The number of amides is 2. The number of nitro benzene ring substituents is 1. The van der Waals surface area contributed by atoms with Crippen LogP contribution in [0.25, 0.3) is 0 Å². The number of non-ortho nitro benzene ring substituents is 1. The highest BCUT2D eigenvalue weighted by molar-refractivity contribution is 8.00. The molecule has 0 saturated carbocycles. The number of carbonyl (C=O) groups excluding carboxylic acids is 3. The van der Waals surface area contributed by atoms with E-state index < -0.39 is 23.0 Å². The van der Waals surface area contributed by atoms with Gasteiger partial charge < -0.3 is 15.0 Å². The van der Waals surface area contributed by atoms with E-state index in [0.29, 0.717) is 16.9 Å². The van der Waals surface area contributed by atoms with Gasteiger partial charge in [-0.25, -0.2) is 4.79 Å². The minimum absolute atomic E-state index is 0.0582. The Morgan fingerprint density at radius 1 is 1.15 bits per heavy atom. The number of fused-ring (bicyclic) bond motifs is 1. The van der Waals surface area contributed by atoms with Crippen LogP contribution in [0.15, 0.2) is 66.7 Å². The van der Waals surface area contributed by atoms with Gasteiger partial charge in [-0.15, -0.1) is 11.8 Å². The largest absolute Gasteiger partial charge is 0.459 e. The summed E-state index contributed by atoms with van der Waals surface area (Å²) in [6.07, 6.45) is 0.162. The zero-order chi connectivity index (χ0) is 23.5. The van der Waals surface area contributed by atoms with E-state index in [1.807, 2.05) is 30.3 Å². The molecule has 2 aliphatic heterocycles. The Balaban J connectivity index is 1.36. The number of nitrogens with one attached hydrogen (secondary N) is 1. The number of hydrogen-bond acceptors (Lipinski definition) is 7. The van der Waals surface area contributed by atoms with Crippen LogP contribution in [0.3, 0.4) is 0 Å². The van der Waals surface area contributed by atoms with Crippen LogP contribution in [0.4, 0.5) is 5.69 Å². The maximum absolute atomic E-state index is 12.8. The van der Waals surface area contributed by atoms with Crippen LogP contribution < -0.4 is 5.32 Å². The number of esters is 1. The van der Waals surface area contributed by atoms with Crippen molar-refractivity contribution >= 4 is 35.2 Å². The molecule has 9 nitrogen and oxygen atoms in total. The summed E-state index contributed by atoms with van der Waals surface area (Å²) in [4.78, 5) is 49.6. The number of ether oxygens (including phenoxy) is 1. The number of carbonyl (C=O) groups is 3. The Labute approximate surface area is 193 Å². The average molecular weight is 468 g/mol. The first-order valence-electron chi connectivity index (χ1n) is 10.2. The minimum atomic E-state index is -0.927. The fourth-order valence-corrected chi connectivity index (χ4v) is 5.08. The van der Waals surface area contributed by atoms with Crippen LogP contribution in [0.2, 0.25) is 0 Å². The van der Waals surface area contributed by atoms with Crippen LogP contribution in [0, 0.1) is 10.1 Å². The number of hydrogen-bond donors (Lipinski definition) is 1. The fourth-order valence-electron chi connectivity index (χ4n) is 3.77. The highest BCUT2D eigenvalue weighted by atomic mass is 32.2. The summed E-state index contributed by atoms with van der Waals surface area (Å²) >= 11 is 1.44. The molecule has 0 spiro atoms. The second-order valence-corrected chi connectivity index (χ2v) is 8.85. The summed E-state index contributed by atoms with van der Waals surface area (Å²) in [5.74, 6) is -0.781. The van der Waals surface area contributed by atoms with Gasteiger partial charge in [0.25, 0.3) is 5.69 Å². The smallest absolute Gasteiger partial charge is 0.333 e. The van der Waals surface area contributed by atoms with Gasteiger partial charge in [0.15, 0.2) is 6.04 Å². The number of nitrogens with zero attached hydrogens (tertiary/aromatic N) is 2. The van der Waals surface area contributed by atoms with Gasteiger partial charge >= 0.3 is 5.97 Å². The molecule has 10 heteroatoms. The SMILES string of the molecule is C=C1CS[C@@H]2C(NC(=O)Cc3ccccc3)C(=O)N2C1C(=O)OCc1ccc([N+](=O)[O-])cc1. The summed E-state index contributed by atoms with van der Waals surface area (Å²) in [5.41, 5.74) is 1.92. The molecule has 0 aromatic heterocycles. The van der Waals surface area contributed by atoms with Gasteiger partial charge in [-0.05, 0) is 28.8 Å². The van der Waals surface area contributed by atoms with Crippen molar-refractivity contribution in [3.8, 4) is 0 Å². The standard InChI is InChI=1S/C23H21N3O6S/c1-14-13-33-22-19(24-18(27)11-15-5-3-2-4-6-15)21(28)25(22)20(14)23(29)32-12-16-7-9-17(10-8-16)26(30)31/h2-10,19-20,22H,1,11-13H2,(H,24,27)/t19?,20?,22-/m1/s1. The van der Waals surface area contributed by atoms with Crippen LogP contribution in [-0.2, 0) is 32.1 Å². The molecule has 0 radical (unpaired) electrons. The quantitative estimate of drug-likeness (QED) is 0.218. The molecule has 33 heavy (non-hydrogen) atoms. The Morgan fingerprint density at radius 2 is 1.85 bits per heavy atom. The maximum atomic E-state index is 12.8.